The summed E-state index contributed by atoms with van der Waals surface area (Å²) in [6, 6.07) is 7.58. The van der Waals surface area contributed by atoms with Gasteiger partial charge in [0.15, 0.2) is 5.78 Å². The fraction of sp³-hybridized carbons (Fsp3) is 0.556. The molecule has 23 heavy (non-hydrogen) atoms. The Bertz CT molecular complexity index is 570. The third-order valence-corrected chi connectivity index (χ3v) is 4.92. The van der Waals surface area contributed by atoms with Crippen LogP contribution in [0.3, 0.4) is 0 Å². The highest BCUT2D eigenvalue weighted by Gasteiger charge is 2.32. The summed E-state index contributed by atoms with van der Waals surface area (Å²) in [6.07, 6.45) is 3.00. The van der Waals surface area contributed by atoms with E-state index in [-0.39, 0.29) is 18.1 Å². The smallest absolute Gasteiger partial charge is 0.223 e. The second-order valence-electron chi connectivity index (χ2n) is 6.32. The molecule has 0 spiro atoms. The van der Waals surface area contributed by atoms with Gasteiger partial charge in [0.2, 0.25) is 5.91 Å². The van der Waals surface area contributed by atoms with Gasteiger partial charge in [0.1, 0.15) is 5.75 Å². The normalized spacial score (nSPS) is 21.1. The molecular weight excluding hydrogens is 292 g/mol. The number of carbonyl (C=O) groups excluding carboxylic acids is 2. The number of ether oxygens (including phenoxy) is 1. The number of fused-ring (bicyclic) bond motifs is 1. The van der Waals surface area contributed by atoms with E-state index in [1.165, 1.54) is 19.4 Å². The average molecular weight is 316 g/mol. The lowest BCUT2D eigenvalue weighted by molar-refractivity contribution is -0.133. The van der Waals surface area contributed by atoms with Crippen LogP contribution in [0.25, 0.3) is 0 Å². The second kappa shape index (κ2) is 7.13. The first-order chi connectivity index (χ1) is 11.2. The minimum absolute atomic E-state index is 0.0144. The van der Waals surface area contributed by atoms with Gasteiger partial charge in [-0.25, -0.2) is 0 Å². The summed E-state index contributed by atoms with van der Waals surface area (Å²) in [6.45, 7) is 3.77. The van der Waals surface area contributed by atoms with Crippen molar-refractivity contribution < 1.29 is 14.3 Å². The fourth-order valence-electron chi connectivity index (χ4n) is 3.52. The minimum Gasteiger partial charge on any atom is -0.497 e. The number of rotatable bonds is 5. The van der Waals surface area contributed by atoms with Gasteiger partial charge in [-0.3, -0.25) is 14.5 Å². The standard InChI is InChI=1S/C18H24N2O3/c1-23-16-6-4-14(5-7-16)17(21)8-9-18(22)20-12-11-19-10-2-3-15(19)13-20/h4-7,15H,2-3,8-13H2,1H3/t15-/m0/s1. The largest absolute Gasteiger partial charge is 0.497 e. The van der Waals surface area contributed by atoms with Crippen molar-refractivity contribution in [2.75, 3.05) is 33.3 Å². The maximum atomic E-state index is 12.4. The lowest BCUT2D eigenvalue weighted by Crippen LogP contribution is -2.52. The zero-order valence-electron chi connectivity index (χ0n) is 13.7. The first kappa shape index (κ1) is 16.0. The van der Waals surface area contributed by atoms with Crippen molar-refractivity contribution in [3.05, 3.63) is 29.8 Å². The average Bonchev–Trinajstić information content (AvgIpc) is 3.07. The molecule has 5 nitrogen and oxygen atoms in total. The van der Waals surface area contributed by atoms with E-state index in [9.17, 15) is 9.59 Å². The van der Waals surface area contributed by atoms with Crippen LogP contribution < -0.4 is 4.74 Å². The molecule has 2 heterocycles. The third kappa shape index (κ3) is 3.72. The predicted octanol–water partition coefficient (Wildman–Crippen LogP) is 1.96. The van der Waals surface area contributed by atoms with Crippen molar-refractivity contribution in [2.24, 2.45) is 0 Å². The summed E-state index contributed by atoms with van der Waals surface area (Å²) in [5, 5.41) is 0. The topological polar surface area (TPSA) is 49.9 Å². The number of methoxy groups -OCH3 is 1. The number of ketones is 1. The Kier molecular flexibility index (Phi) is 4.96. The van der Waals surface area contributed by atoms with Crippen molar-refractivity contribution in [1.29, 1.82) is 0 Å². The number of nitrogens with zero attached hydrogens (tertiary/aromatic N) is 2. The molecule has 0 aliphatic carbocycles. The maximum absolute atomic E-state index is 12.4. The molecule has 124 valence electrons. The SMILES string of the molecule is COc1ccc(C(=O)CCC(=O)N2CCN3CCC[C@H]3C2)cc1. The summed E-state index contributed by atoms with van der Waals surface area (Å²) in [5.41, 5.74) is 0.638. The number of hydrogen-bond donors (Lipinski definition) is 0. The summed E-state index contributed by atoms with van der Waals surface area (Å²) >= 11 is 0. The molecule has 1 aromatic rings. The van der Waals surface area contributed by atoms with Gasteiger partial charge in [-0.1, -0.05) is 0 Å². The first-order valence-electron chi connectivity index (χ1n) is 8.36. The van der Waals surface area contributed by atoms with Crippen LogP contribution in [0.2, 0.25) is 0 Å². The van der Waals surface area contributed by atoms with E-state index < -0.39 is 0 Å². The van der Waals surface area contributed by atoms with Crippen molar-refractivity contribution in [2.45, 2.75) is 31.7 Å². The van der Waals surface area contributed by atoms with E-state index in [0.29, 0.717) is 18.0 Å². The molecule has 0 saturated carbocycles. The minimum atomic E-state index is 0.0144. The Balaban J connectivity index is 1.49. The predicted molar refractivity (Wildman–Crippen MR) is 87.7 cm³/mol. The Morgan fingerprint density at radius 3 is 2.65 bits per heavy atom. The van der Waals surface area contributed by atoms with Gasteiger partial charge in [-0.2, -0.15) is 0 Å². The van der Waals surface area contributed by atoms with Crippen LogP contribution >= 0.6 is 0 Å². The van der Waals surface area contributed by atoms with E-state index in [4.69, 9.17) is 4.74 Å². The van der Waals surface area contributed by atoms with E-state index in [0.717, 1.165) is 25.4 Å². The molecule has 0 unspecified atom stereocenters. The van der Waals surface area contributed by atoms with Crippen LogP contribution in [-0.2, 0) is 4.79 Å². The molecule has 1 aromatic carbocycles. The first-order valence-corrected chi connectivity index (χ1v) is 8.36. The van der Waals surface area contributed by atoms with Gasteiger partial charge in [-0.05, 0) is 43.7 Å². The molecule has 2 saturated heterocycles. The zero-order chi connectivity index (χ0) is 16.2. The quantitative estimate of drug-likeness (QED) is 0.779. The lowest BCUT2D eigenvalue weighted by atomic mass is 10.1. The van der Waals surface area contributed by atoms with E-state index >= 15 is 0 Å². The molecule has 0 radical (unpaired) electrons. The Hall–Kier alpha value is -1.88. The number of Topliss-reactive ketones (excluding diaryl/α,β-unsaturated/α-hetero) is 1. The Morgan fingerprint density at radius 2 is 1.91 bits per heavy atom. The molecule has 0 N–H and O–H groups in total. The van der Waals surface area contributed by atoms with Crippen LogP contribution in [0.1, 0.15) is 36.0 Å². The van der Waals surface area contributed by atoms with Crippen molar-refractivity contribution in [3.8, 4) is 5.75 Å². The van der Waals surface area contributed by atoms with Crippen molar-refractivity contribution in [3.63, 3.8) is 0 Å². The van der Waals surface area contributed by atoms with Crippen LogP contribution in [0, 0.1) is 0 Å². The van der Waals surface area contributed by atoms with Gasteiger partial charge in [0, 0.05) is 44.1 Å². The molecule has 2 fully saturated rings. The summed E-state index contributed by atoms with van der Waals surface area (Å²) in [7, 11) is 1.60. The van der Waals surface area contributed by atoms with Gasteiger partial charge in [0.05, 0.1) is 7.11 Å². The molecule has 1 atom stereocenters. The van der Waals surface area contributed by atoms with Crippen molar-refractivity contribution in [1.82, 2.24) is 9.80 Å². The second-order valence-corrected chi connectivity index (χ2v) is 6.32. The highest BCUT2D eigenvalue weighted by molar-refractivity contribution is 5.98. The van der Waals surface area contributed by atoms with Crippen LogP contribution in [0.5, 0.6) is 5.75 Å². The number of amides is 1. The number of piperazine rings is 1. The number of benzene rings is 1. The lowest BCUT2D eigenvalue weighted by Gasteiger charge is -2.37. The van der Waals surface area contributed by atoms with Gasteiger partial charge in [0.25, 0.3) is 0 Å². The number of hydrogen-bond acceptors (Lipinski definition) is 4. The molecule has 2 aliphatic rings. The Morgan fingerprint density at radius 1 is 1.13 bits per heavy atom. The van der Waals surface area contributed by atoms with Crippen LogP contribution in [0.4, 0.5) is 0 Å². The molecule has 0 aromatic heterocycles. The maximum Gasteiger partial charge on any atom is 0.223 e. The summed E-state index contributed by atoms with van der Waals surface area (Å²) in [5.74, 6) is 0.853. The van der Waals surface area contributed by atoms with Crippen molar-refractivity contribution >= 4 is 11.7 Å². The monoisotopic (exact) mass is 316 g/mol. The highest BCUT2D eigenvalue weighted by atomic mass is 16.5. The molecule has 2 aliphatic heterocycles. The van der Waals surface area contributed by atoms with Gasteiger partial charge in [-0.15, -0.1) is 0 Å². The molecule has 5 heteroatoms. The van der Waals surface area contributed by atoms with E-state index in [1.807, 2.05) is 4.90 Å². The third-order valence-electron chi connectivity index (χ3n) is 4.92. The van der Waals surface area contributed by atoms with E-state index in [1.54, 1.807) is 31.4 Å². The van der Waals surface area contributed by atoms with E-state index in [2.05, 4.69) is 4.90 Å². The van der Waals surface area contributed by atoms with Crippen LogP contribution in [0.15, 0.2) is 24.3 Å². The molecular formula is C18H24N2O3. The van der Waals surface area contributed by atoms with Crippen LogP contribution in [-0.4, -0.2) is 60.8 Å². The van der Waals surface area contributed by atoms with Gasteiger partial charge >= 0.3 is 0 Å². The number of carbonyl (C=O) groups is 2. The molecule has 1 amide bonds. The fourth-order valence-corrected chi connectivity index (χ4v) is 3.52. The zero-order valence-corrected chi connectivity index (χ0v) is 13.7. The Labute approximate surface area is 137 Å². The summed E-state index contributed by atoms with van der Waals surface area (Å²) < 4.78 is 5.08. The summed E-state index contributed by atoms with van der Waals surface area (Å²) in [4.78, 5) is 29.0. The van der Waals surface area contributed by atoms with Gasteiger partial charge < -0.3 is 9.64 Å². The molecule has 3 rings (SSSR count). The highest BCUT2D eigenvalue weighted by Crippen LogP contribution is 2.22. The molecule has 0 bridgehead atoms.